The molecule has 1 N–H and O–H groups in total. The number of rotatable bonds is 2. The molecular weight excluding hydrogens is 230 g/mol. The van der Waals surface area contributed by atoms with Gasteiger partial charge >= 0.3 is 0 Å². The average Bonchev–Trinajstić information content (AvgIpc) is 2.85. The maximum Gasteiger partial charge on any atom is 0.143 e. The highest BCUT2D eigenvalue weighted by molar-refractivity contribution is 5.90. The van der Waals surface area contributed by atoms with Gasteiger partial charge in [0.1, 0.15) is 17.1 Å². The predicted molar refractivity (Wildman–Crippen MR) is 68.0 cm³/mol. The largest absolute Gasteiger partial charge is 0.496 e. The molecule has 1 aromatic heterocycles. The molecule has 18 heavy (non-hydrogen) atoms. The van der Waals surface area contributed by atoms with E-state index in [0.717, 1.165) is 28.8 Å². The number of Topliss-reactive ketones (excluding diaryl/α,β-unsaturated/α-hetero) is 1. The van der Waals surface area contributed by atoms with E-state index in [1.54, 1.807) is 13.4 Å². The predicted octanol–water partition coefficient (Wildman–Crippen LogP) is 2.09. The Hall–Kier alpha value is -1.81. The molecule has 1 aliphatic rings. The Labute approximate surface area is 105 Å². The Morgan fingerprint density at radius 2 is 2.33 bits per heavy atom. The van der Waals surface area contributed by atoms with E-state index < -0.39 is 0 Å². The maximum absolute atomic E-state index is 12.0. The van der Waals surface area contributed by atoms with Gasteiger partial charge in [0.15, 0.2) is 0 Å². The van der Waals surface area contributed by atoms with E-state index in [4.69, 9.17) is 9.15 Å². The topological polar surface area (TPSA) is 51.5 Å². The molecule has 4 nitrogen and oxygen atoms in total. The van der Waals surface area contributed by atoms with E-state index in [1.165, 1.54) is 0 Å². The first kappa shape index (κ1) is 11.3. The zero-order valence-electron chi connectivity index (χ0n) is 10.2. The number of furan rings is 1. The summed E-state index contributed by atoms with van der Waals surface area (Å²) in [5, 5.41) is 4.24. The van der Waals surface area contributed by atoms with Crippen molar-refractivity contribution in [3.05, 3.63) is 30.0 Å². The number of methoxy groups -OCH3 is 1. The number of ether oxygens (including phenoxy) is 1. The highest BCUT2D eigenvalue weighted by Gasteiger charge is 2.27. The summed E-state index contributed by atoms with van der Waals surface area (Å²) in [6.45, 7) is 1.43. The summed E-state index contributed by atoms with van der Waals surface area (Å²) in [4.78, 5) is 12.0. The molecule has 0 saturated carbocycles. The lowest BCUT2D eigenvalue weighted by atomic mass is 9.89. The van der Waals surface area contributed by atoms with Crippen LogP contribution >= 0.6 is 0 Å². The number of benzene rings is 1. The number of hydrogen-bond acceptors (Lipinski definition) is 4. The Morgan fingerprint density at radius 3 is 3.11 bits per heavy atom. The summed E-state index contributed by atoms with van der Waals surface area (Å²) in [5.41, 5.74) is 1.71. The molecule has 2 heterocycles. The van der Waals surface area contributed by atoms with Crippen molar-refractivity contribution in [2.24, 2.45) is 0 Å². The molecule has 2 aromatic rings. The van der Waals surface area contributed by atoms with Crippen LogP contribution in [0, 0.1) is 0 Å². The molecule has 0 bridgehead atoms. The van der Waals surface area contributed by atoms with Crippen LogP contribution in [-0.2, 0) is 4.79 Å². The normalized spacial score (nSPS) is 20.3. The Bertz CT molecular complexity index is 588. The van der Waals surface area contributed by atoms with Crippen molar-refractivity contribution in [2.45, 2.75) is 12.3 Å². The van der Waals surface area contributed by atoms with Crippen LogP contribution in [0.1, 0.15) is 17.9 Å². The molecule has 1 saturated heterocycles. The first-order chi connectivity index (χ1) is 8.79. The molecule has 0 radical (unpaired) electrons. The third kappa shape index (κ3) is 1.78. The van der Waals surface area contributed by atoms with Gasteiger partial charge in [-0.1, -0.05) is 0 Å². The fourth-order valence-electron chi connectivity index (χ4n) is 2.48. The van der Waals surface area contributed by atoms with Gasteiger partial charge in [-0.3, -0.25) is 4.79 Å². The van der Waals surface area contributed by atoms with Crippen molar-refractivity contribution >= 4 is 16.8 Å². The summed E-state index contributed by atoms with van der Waals surface area (Å²) in [6.07, 6.45) is 2.22. The second-order valence-corrected chi connectivity index (χ2v) is 4.53. The van der Waals surface area contributed by atoms with Crippen molar-refractivity contribution in [2.75, 3.05) is 20.2 Å². The second kappa shape index (κ2) is 4.46. The second-order valence-electron chi connectivity index (χ2n) is 4.53. The van der Waals surface area contributed by atoms with Crippen LogP contribution < -0.4 is 10.1 Å². The molecule has 1 atom stereocenters. The van der Waals surface area contributed by atoms with Gasteiger partial charge in [-0.2, -0.15) is 0 Å². The molecule has 3 rings (SSSR count). The van der Waals surface area contributed by atoms with Crippen LogP contribution in [0.5, 0.6) is 5.75 Å². The van der Waals surface area contributed by atoms with Gasteiger partial charge in [-0.25, -0.2) is 0 Å². The van der Waals surface area contributed by atoms with E-state index in [9.17, 15) is 4.79 Å². The third-order valence-electron chi connectivity index (χ3n) is 3.47. The number of piperidine rings is 1. The van der Waals surface area contributed by atoms with Crippen molar-refractivity contribution in [3.63, 3.8) is 0 Å². The van der Waals surface area contributed by atoms with Crippen molar-refractivity contribution in [3.8, 4) is 5.75 Å². The van der Waals surface area contributed by atoms with Gasteiger partial charge in [0.05, 0.1) is 19.3 Å². The zero-order valence-corrected chi connectivity index (χ0v) is 10.2. The van der Waals surface area contributed by atoms with Crippen molar-refractivity contribution < 1.29 is 13.9 Å². The Morgan fingerprint density at radius 1 is 1.44 bits per heavy atom. The van der Waals surface area contributed by atoms with E-state index in [2.05, 4.69) is 5.32 Å². The molecule has 0 aliphatic carbocycles. The van der Waals surface area contributed by atoms with Crippen LogP contribution in [-0.4, -0.2) is 26.0 Å². The van der Waals surface area contributed by atoms with E-state index in [0.29, 0.717) is 13.0 Å². The highest BCUT2D eigenvalue weighted by Crippen LogP contribution is 2.33. The molecule has 94 valence electrons. The van der Waals surface area contributed by atoms with Crippen molar-refractivity contribution in [1.82, 2.24) is 5.32 Å². The highest BCUT2D eigenvalue weighted by atomic mass is 16.5. The summed E-state index contributed by atoms with van der Waals surface area (Å²) in [7, 11) is 1.63. The van der Waals surface area contributed by atoms with Gasteiger partial charge < -0.3 is 14.5 Å². The number of ketones is 1. The molecular formula is C14H15NO3. The van der Waals surface area contributed by atoms with Crippen LogP contribution in [0.15, 0.2) is 28.9 Å². The molecule has 1 aliphatic heterocycles. The third-order valence-corrected chi connectivity index (χ3v) is 3.47. The number of hydrogen-bond donors (Lipinski definition) is 1. The summed E-state index contributed by atoms with van der Waals surface area (Å²) < 4.78 is 10.8. The van der Waals surface area contributed by atoms with E-state index >= 15 is 0 Å². The monoisotopic (exact) mass is 245 g/mol. The minimum atomic E-state index is -0.136. The number of carbonyl (C=O) groups is 1. The van der Waals surface area contributed by atoms with Crippen LogP contribution in [0.3, 0.4) is 0 Å². The van der Waals surface area contributed by atoms with Gasteiger partial charge in [-0.05, 0) is 18.2 Å². The quantitative estimate of drug-likeness (QED) is 0.880. The number of nitrogens with one attached hydrogen (secondary N) is 1. The number of fused-ring (bicyclic) bond motifs is 1. The lowest BCUT2D eigenvalue weighted by molar-refractivity contribution is -0.121. The van der Waals surface area contributed by atoms with Crippen LogP contribution in [0.4, 0.5) is 0 Å². The van der Waals surface area contributed by atoms with Gasteiger partial charge in [0, 0.05) is 30.5 Å². The molecule has 1 aromatic carbocycles. The molecule has 0 spiro atoms. The van der Waals surface area contributed by atoms with E-state index in [-0.39, 0.29) is 11.7 Å². The van der Waals surface area contributed by atoms with Gasteiger partial charge in [0.2, 0.25) is 0 Å². The summed E-state index contributed by atoms with van der Waals surface area (Å²) >= 11 is 0. The molecule has 1 fully saturated rings. The summed E-state index contributed by atoms with van der Waals surface area (Å²) in [6, 6.07) is 5.74. The van der Waals surface area contributed by atoms with Gasteiger partial charge in [0.25, 0.3) is 0 Å². The van der Waals surface area contributed by atoms with Crippen LogP contribution in [0.2, 0.25) is 0 Å². The van der Waals surface area contributed by atoms with Crippen LogP contribution in [0.25, 0.3) is 11.0 Å². The molecule has 1 unspecified atom stereocenters. The first-order valence-electron chi connectivity index (χ1n) is 6.08. The zero-order chi connectivity index (χ0) is 12.5. The van der Waals surface area contributed by atoms with E-state index in [1.807, 2.05) is 18.2 Å². The SMILES string of the molecule is COc1cc2ccoc2cc1C1CNCCC1=O. The number of carbonyl (C=O) groups excluding carboxylic acids is 1. The maximum atomic E-state index is 12.0. The Kier molecular flexibility index (Phi) is 2.80. The average molecular weight is 245 g/mol. The fourth-order valence-corrected chi connectivity index (χ4v) is 2.48. The Balaban J connectivity index is 2.10. The molecule has 4 heteroatoms. The fraction of sp³-hybridized carbons (Fsp3) is 0.357. The lowest BCUT2D eigenvalue weighted by Gasteiger charge is -2.23. The van der Waals surface area contributed by atoms with Gasteiger partial charge in [-0.15, -0.1) is 0 Å². The summed E-state index contributed by atoms with van der Waals surface area (Å²) in [5.74, 6) is 0.882. The first-order valence-corrected chi connectivity index (χ1v) is 6.08. The standard InChI is InChI=1S/C14H15NO3/c1-17-14-6-9-3-5-18-13(9)7-10(14)11-8-15-4-2-12(11)16/h3,5-7,11,15H,2,4,8H2,1H3. The minimum absolute atomic E-state index is 0.136. The lowest BCUT2D eigenvalue weighted by Crippen LogP contribution is -2.35. The van der Waals surface area contributed by atoms with Crippen molar-refractivity contribution in [1.29, 1.82) is 0 Å². The smallest absolute Gasteiger partial charge is 0.143 e. The molecule has 0 amide bonds. The minimum Gasteiger partial charge on any atom is -0.496 e.